The molecule has 0 saturated heterocycles. The summed E-state index contributed by atoms with van der Waals surface area (Å²) in [7, 11) is 1.76. The van der Waals surface area contributed by atoms with Crippen LogP contribution in [0.15, 0.2) is 24.3 Å². The number of benzene rings is 1. The molecular weight excluding hydrogens is 267 g/mol. The summed E-state index contributed by atoms with van der Waals surface area (Å²) in [4.78, 5) is 0. The molecule has 0 aliphatic heterocycles. The van der Waals surface area contributed by atoms with Crippen molar-refractivity contribution in [3.63, 3.8) is 0 Å². The summed E-state index contributed by atoms with van der Waals surface area (Å²) in [5.41, 5.74) is 0.559. The fourth-order valence-corrected chi connectivity index (χ4v) is 2.22. The maximum Gasteiger partial charge on any atom is 0.573 e. The van der Waals surface area contributed by atoms with E-state index in [1.807, 2.05) is 0 Å². The highest BCUT2D eigenvalue weighted by atomic mass is 19.4. The molecule has 0 bridgehead atoms. The zero-order valence-electron chi connectivity index (χ0n) is 12.0. The molecule has 0 aromatic heterocycles. The SMILES string of the molecule is CCCCCCC(NC)c1ccccc1OC(F)(F)F. The van der Waals surface area contributed by atoms with E-state index in [0.29, 0.717) is 5.56 Å². The Kier molecular flexibility index (Phi) is 6.85. The first-order valence-corrected chi connectivity index (χ1v) is 7.00. The van der Waals surface area contributed by atoms with Gasteiger partial charge < -0.3 is 10.1 Å². The summed E-state index contributed by atoms with van der Waals surface area (Å²) >= 11 is 0. The third kappa shape index (κ3) is 5.82. The van der Waals surface area contributed by atoms with Crippen molar-refractivity contribution in [3.8, 4) is 5.75 Å². The smallest absolute Gasteiger partial charge is 0.405 e. The van der Waals surface area contributed by atoms with Gasteiger partial charge in [0, 0.05) is 11.6 Å². The highest BCUT2D eigenvalue weighted by Crippen LogP contribution is 2.32. The van der Waals surface area contributed by atoms with Crippen molar-refractivity contribution in [1.82, 2.24) is 5.32 Å². The fraction of sp³-hybridized carbons (Fsp3) is 0.600. The lowest BCUT2D eigenvalue weighted by molar-refractivity contribution is -0.275. The van der Waals surface area contributed by atoms with Crippen LogP contribution in [0.3, 0.4) is 0 Å². The van der Waals surface area contributed by atoms with Gasteiger partial charge in [0.15, 0.2) is 0 Å². The zero-order chi connectivity index (χ0) is 15.0. The number of ether oxygens (including phenoxy) is 1. The number of hydrogen-bond acceptors (Lipinski definition) is 2. The Hall–Kier alpha value is -1.23. The van der Waals surface area contributed by atoms with Gasteiger partial charge >= 0.3 is 6.36 Å². The van der Waals surface area contributed by atoms with Gasteiger partial charge in [0.2, 0.25) is 0 Å². The van der Waals surface area contributed by atoms with Crippen LogP contribution < -0.4 is 10.1 Å². The Morgan fingerprint density at radius 2 is 1.85 bits per heavy atom. The fourth-order valence-electron chi connectivity index (χ4n) is 2.22. The van der Waals surface area contributed by atoms with Crippen molar-refractivity contribution in [2.75, 3.05) is 7.05 Å². The van der Waals surface area contributed by atoms with E-state index in [9.17, 15) is 13.2 Å². The van der Waals surface area contributed by atoms with Gasteiger partial charge in [-0.05, 0) is 19.5 Å². The molecule has 1 atom stereocenters. The number of para-hydroxylation sites is 1. The molecule has 0 heterocycles. The van der Waals surface area contributed by atoms with Crippen LogP contribution in [0.2, 0.25) is 0 Å². The predicted octanol–water partition coefficient (Wildman–Crippen LogP) is 4.82. The summed E-state index contributed by atoms with van der Waals surface area (Å²) in [6, 6.07) is 6.20. The standard InChI is InChI=1S/C15H22F3NO/c1-3-4-5-6-10-13(19-2)12-9-7-8-11-14(12)20-15(16,17)18/h7-9,11,13,19H,3-6,10H2,1-2H3. The Bertz CT molecular complexity index is 393. The van der Waals surface area contributed by atoms with Crippen LogP contribution in [0.4, 0.5) is 13.2 Å². The maximum absolute atomic E-state index is 12.4. The van der Waals surface area contributed by atoms with E-state index < -0.39 is 6.36 Å². The first kappa shape index (κ1) is 16.8. The number of nitrogens with one attached hydrogen (secondary N) is 1. The van der Waals surface area contributed by atoms with Crippen molar-refractivity contribution in [3.05, 3.63) is 29.8 Å². The molecular formula is C15H22F3NO. The second-order valence-electron chi connectivity index (χ2n) is 4.78. The van der Waals surface area contributed by atoms with E-state index in [4.69, 9.17) is 0 Å². The van der Waals surface area contributed by atoms with E-state index >= 15 is 0 Å². The van der Waals surface area contributed by atoms with Gasteiger partial charge in [0.1, 0.15) is 5.75 Å². The van der Waals surface area contributed by atoms with Crippen LogP contribution in [-0.4, -0.2) is 13.4 Å². The summed E-state index contributed by atoms with van der Waals surface area (Å²) < 4.78 is 41.3. The quantitative estimate of drug-likeness (QED) is 0.693. The Balaban J connectivity index is 2.75. The van der Waals surface area contributed by atoms with Gasteiger partial charge in [0.25, 0.3) is 0 Å². The van der Waals surface area contributed by atoms with Gasteiger partial charge in [-0.25, -0.2) is 0 Å². The Morgan fingerprint density at radius 3 is 2.45 bits per heavy atom. The first-order chi connectivity index (χ1) is 9.48. The van der Waals surface area contributed by atoms with E-state index in [0.717, 1.165) is 32.1 Å². The molecule has 0 saturated carbocycles. The maximum atomic E-state index is 12.4. The van der Waals surface area contributed by atoms with Gasteiger partial charge in [-0.1, -0.05) is 50.8 Å². The van der Waals surface area contributed by atoms with Crippen LogP contribution >= 0.6 is 0 Å². The topological polar surface area (TPSA) is 21.3 Å². The van der Waals surface area contributed by atoms with E-state index in [2.05, 4.69) is 17.0 Å². The predicted molar refractivity (Wildman–Crippen MR) is 73.7 cm³/mol. The molecule has 0 fully saturated rings. The number of rotatable bonds is 8. The normalized spacial score (nSPS) is 13.2. The zero-order valence-corrected chi connectivity index (χ0v) is 12.0. The minimum Gasteiger partial charge on any atom is -0.405 e. The number of alkyl halides is 3. The highest BCUT2D eigenvalue weighted by Gasteiger charge is 2.32. The monoisotopic (exact) mass is 289 g/mol. The molecule has 1 aromatic rings. The van der Waals surface area contributed by atoms with Crippen LogP contribution in [0.5, 0.6) is 5.75 Å². The van der Waals surface area contributed by atoms with Gasteiger partial charge in [-0.3, -0.25) is 0 Å². The van der Waals surface area contributed by atoms with Crippen molar-refractivity contribution < 1.29 is 17.9 Å². The van der Waals surface area contributed by atoms with Crippen LogP contribution in [-0.2, 0) is 0 Å². The Morgan fingerprint density at radius 1 is 1.15 bits per heavy atom. The van der Waals surface area contributed by atoms with Gasteiger partial charge in [-0.15, -0.1) is 13.2 Å². The molecule has 0 amide bonds. The second kappa shape index (κ2) is 8.15. The third-order valence-electron chi connectivity index (χ3n) is 3.21. The molecule has 1 unspecified atom stereocenters. The number of hydrogen-bond donors (Lipinski definition) is 1. The summed E-state index contributed by atoms with van der Waals surface area (Å²) in [6.07, 6.45) is 0.511. The van der Waals surface area contributed by atoms with E-state index in [1.54, 1.807) is 25.2 Å². The molecule has 20 heavy (non-hydrogen) atoms. The molecule has 1 rings (SSSR count). The van der Waals surface area contributed by atoms with Crippen molar-refractivity contribution >= 4 is 0 Å². The van der Waals surface area contributed by atoms with Crippen molar-refractivity contribution in [2.45, 2.75) is 51.4 Å². The molecule has 0 aliphatic rings. The average molecular weight is 289 g/mol. The lowest BCUT2D eigenvalue weighted by Gasteiger charge is -2.20. The number of halogens is 3. The lowest BCUT2D eigenvalue weighted by atomic mass is 9.99. The summed E-state index contributed by atoms with van der Waals surface area (Å²) in [5.74, 6) is -0.116. The molecule has 0 radical (unpaired) electrons. The molecule has 1 aromatic carbocycles. The van der Waals surface area contributed by atoms with Crippen LogP contribution in [0.25, 0.3) is 0 Å². The lowest BCUT2D eigenvalue weighted by Crippen LogP contribution is -2.22. The Labute approximate surface area is 118 Å². The largest absolute Gasteiger partial charge is 0.573 e. The minimum atomic E-state index is -4.66. The molecule has 0 aliphatic carbocycles. The van der Waals surface area contributed by atoms with Gasteiger partial charge in [-0.2, -0.15) is 0 Å². The molecule has 0 spiro atoms. The number of unbranched alkanes of at least 4 members (excludes halogenated alkanes) is 3. The minimum absolute atomic E-state index is 0.116. The molecule has 114 valence electrons. The third-order valence-corrected chi connectivity index (χ3v) is 3.21. The molecule has 2 nitrogen and oxygen atoms in total. The van der Waals surface area contributed by atoms with Crippen molar-refractivity contribution in [1.29, 1.82) is 0 Å². The molecule has 1 N–H and O–H groups in total. The van der Waals surface area contributed by atoms with Gasteiger partial charge in [0.05, 0.1) is 0 Å². The molecule has 5 heteroatoms. The van der Waals surface area contributed by atoms with E-state index in [1.165, 1.54) is 6.07 Å². The average Bonchev–Trinajstić information content (AvgIpc) is 2.38. The second-order valence-corrected chi connectivity index (χ2v) is 4.78. The summed E-state index contributed by atoms with van der Waals surface area (Å²) in [6.45, 7) is 2.13. The summed E-state index contributed by atoms with van der Waals surface area (Å²) in [5, 5.41) is 3.07. The first-order valence-electron chi connectivity index (χ1n) is 7.00. The van der Waals surface area contributed by atoms with Crippen LogP contribution in [0, 0.1) is 0 Å². The van der Waals surface area contributed by atoms with Crippen LogP contribution in [0.1, 0.15) is 50.6 Å². The van der Waals surface area contributed by atoms with Crippen molar-refractivity contribution in [2.24, 2.45) is 0 Å². The highest BCUT2D eigenvalue weighted by molar-refractivity contribution is 5.36. The van der Waals surface area contributed by atoms with E-state index in [-0.39, 0.29) is 11.8 Å².